The number of nitrogens with one attached hydrogen (secondary N) is 1. The number of carbonyl (C=O) groups excluding carboxylic acids is 1. The zero-order chi connectivity index (χ0) is 10.2. The van der Waals surface area contributed by atoms with Gasteiger partial charge in [-0.25, -0.2) is 0 Å². The summed E-state index contributed by atoms with van der Waals surface area (Å²) in [5.41, 5.74) is 0.946. The van der Waals surface area contributed by atoms with E-state index in [2.05, 4.69) is 5.32 Å². The summed E-state index contributed by atoms with van der Waals surface area (Å²) in [4.78, 5) is 11.0. The number of amides is 1. The highest BCUT2D eigenvalue weighted by Crippen LogP contribution is 2.28. The Labute approximate surface area is 82.8 Å². The van der Waals surface area contributed by atoms with Crippen LogP contribution in [0.2, 0.25) is 0 Å². The van der Waals surface area contributed by atoms with Gasteiger partial charge in [-0.2, -0.15) is 0 Å². The van der Waals surface area contributed by atoms with E-state index in [4.69, 9.17) is 0 Å². The van der Waals surface area contributed by atoms with E-state index < -0.39 is 5.60 Å². The average Bonchev–Trinajstić information content (AvgIpc) is 2.48. The Morgan fingerprint density at radius 3 is 2.50 bits per heavy atom. The molecule has 0 radical (unpaired) electrons. The lowest BCUT2D eigenvalue weighted by molar-refractivity contribution is -0.120. The number of rotatable bonds is 1. The van der Waals surface area contributed by atoms with Crippen molar-refractivity contribution in [3.63, 3.8) is 0 Å². The molecule has 0 bridgehead atoms. The molecule has 0 saturated carbocycles. The van der Waals surface area contributed by atoms with Gasteiger partial charge in [0.05, 0.1) is 13.0 Å². The Morgan fingerprint density at radius 2 is 2.00 bits per heavy atom. The van der Waals surface area contributed by atoms with Crippen molar-refractivity contribution in [1.82, 2.24) is 5.32 Å². The highest BCUT2D eigenvalue weighted by atomic mass is 16.3. The molecule has 1 aromatic carbocycles. The molecule has 1 unspecified atom stereocenters. The lowest BCUT2D eigenvalue weighted by atomic mass is 9.92. The number of carbonyl (C=O) groups is 1. The Balaban J connectivity index is 2.30. The van der Waals surface area contributed by atoms with E-state index in [1.165, 1.54) is 0 Å². The third-order valence-corrected chi connectivity index (χ3v) is 2.62. The van der Waals surface area contributed by atoms with Gasteiger partial charge in [0.15, 0.2) is 0 Å². The number of hydrogen-bond donors (Lipinski definition) is 2. The van der Waals surface area contributed by atoms with Gasteiger partial charge in [0, 0.05) is 0 Å². The van der Waals surface area contributed by atoms with Crippen LogP contribution in [-0.4, -0.2) is 17.6 Å². The van der Waals surface area contributed by atoms with Crippen molar-refractivity contribution in [3.8, 4) is 0 Å². The van der Waals surface area contributed by atoms with Crippen LogP contribution in [0.4, 0.5) is 0 Å². The molecule has 1 heterocycles. The fourth-order valence-electron chi connectivity index (χ4n) is 1.70. The van der Waals surface area contributed by atoms with E-state index >= 15 is 0 Å². The molecule has 1 fully saturated rings. The predicted octanol–water partition coefficient (Wildman–Crippen LogP) is 0.703. The molecule has 1 saturated heterocycles. The van der Waals surface area contributed by atoms with Crippen LogP contribution in [0, 0.1) is 6.92 Å². The third-order valence-electron chi connectivity index (χ3n) is 2.62. The van der Waals surface area contributed by atoms with E-state index in [-0.39, 0.29) is 12.3 Å². The highest BCUT2D eigenvalue weighted by Gasteiger charge is 2.37. The Bertz CT molecular complexity index is 358. The predicted molar refractivity (Wildman–Crippen MR) is 52.7 cm³/mol. The summed E-state index contributed by atoms with van der Waals surface area (Å²) >= 11 is 0. The zero-order valence-electron chi connectivity index (χ0n) is 8.08. The number of aryl methyl sites for hydroxylation is 1. The molecule has 3 heteroatoms. The second-order valence-electron chi connectivity index (χ2n) is 3.85. The number of hydrogen-bond acceptors (Lipinski definition) is 2. The molecule has 0 aliphatic carbocycles. The third kappa shape index (κ3) is 1.51. The summed E-state index contributed by atoms with van der Waals surface area (Å²) in [6.07, 6.45) is 0.163. The van der Waals surface area contributed by atoms with E-state index in [1.807, 2.05) is 31.2 Å². The van der Waals surface area contributed by atoms with Crippen LogP contribution < -0.4 is 5.32 Å². The monoisotopic (exact) mass is 191 g/mol. The van der Waals surface area contributed by atoms with Gasteiger partial charge in [-0.15, -0.1) is 0 Å². The van der Waals surface area contributed by atoms with E-state index in [0.29, 0.717) is 6.54 Å². The quantitative estimate of drug-likeness (QED) is 0.686. The second-order valence-corrected chi connectivity index (χ2v) is 3.85. The van der Waals surface area contributed by atoms with Crippen molar-refractivity contribution in [3.05, 3.63) is 35.4 Å². The van der Waals surface area contributed by atoms with Crippen molar-refractivity contribution in [2.24, 2.45) is 0 Å². The van der Waals surface area contributed by atoms with Crippen LogP contribution in [-0.2, 0) is 10.4 Å². The molecule has 1 amide bonds. The van der Waals surface area contributed by atoms with Gasteiger partial charge in [-0.05, 0) is 12.5 Å². The van der Waals surface area contributed by atoms with E-state index in [1.54, 1.807) is 0 Å². The van der Waals surface area contributed by atoms with Crippen molar-refractivity contribution >= 4 is 5.91 Å². The topological polar surface area (TPSA) is 49.3 Å². The second kappa shape index (κ2) is 3.10. The first-order valence-electron chi connectivity index (χ1n) is 4.66. The summed E-state index contributed by atoms with van der Waals surface area (Å²) < 4.78 is 0. The molecule has 0 spiro atoms. The molecular formula is C11H13NO2. The maximum atomic E-state index is 11.0. The highest BCUT2D eigenvalue weighted by molar-refractivity contribution is 5.80. The van der Waals surface area contributed by atoms with Crippen molar-refractivity contribution in [2.45, 2.75) is 18.9 Å². The summed E-state index contributed by atoms with van der Waals surface area (Å²) in [5.74, 6) is -0.0897. The number of aliphatic hydroxyl groups is 1. The Kier molecular flexibility index (Phi) is 2.04. The van der Waals surface area contributed by atoms with Crippen LogP contribution in [0.3, 0.4) is 0 Å². The van der Waals surface area contributed by atoms with Crippen LogP contribution in [0.25, 0.3) is 0 Å². The summed E-state index contributed by atoms with van der Waals surface area (Å²) in [7, 11) is 0. The molecule has 2 N–H and O–H groups in total. The number of β-amino-alcohol motifs (C(OH)–C–C–N with tert-alkyl or cyclic N) is 1. The smallest absolute Gasteiger partial charge is 0.223 e. The van der Waals surface area contributed by atoms with Gasteiger partial charge in [-0.3, -0.25) is 4.79 Å². The van der Waals surface area contributed by atoms with Gasteiger partial charge < -0.3 is 10.4 Å². The maximum Gasteiger partial charge on any atom is 0.223 e. The van der Waals surface area contributed by atoms with Gasteiger partial charge in [-0.1, -0.05) is 29.8 Å². The molecule has 0 aromatic heterocycles. The van der Waals surface area contributed by atoms with Gasteiger partial charge in [0.1, 0.15) is 5.60 Å². The SMILES string of the molecule is Cc1ccc(C2(O)CNC(=O)C2)cc1. The minimum Gasteiger partial charge on any atom is -0.383 e. The summed E-state index contributed by atoms with van der Waals surface area (Å²) in [5, 5.41) is 12.8. The lowest BCUT2D eigenvalue weighted by Crippen LogP contribution is -2.28. The Hall–Kier alpha value is -1.35. The lowest BCUT2D eigenvalue weighted by Gasteiger charge is -2.20. The first-order valence-corrected chi connectivity index (χ1v) is 4.66. The molecule has 74 valence electrons. The standard InChI is InChI=1S/C11H13NO2/c1-8-2-4-9(5-3-8)11(14)6-10(13)12-7-11/h2-5,14H,6-7H2,1H3,(H,12,13). The fourth-order valence-corrected chi connectivity index (χ4v) is 1.70. The van der Waals surface area contributed by atoms with Gasteiger partial charge >= 0.3 is 0 Å². The summed E-state index contributed by atoms with van der Waals surface area (Å²) in [6, 6.07) is 7.62. The molecule has 1 atom stereocenters. The molecule has 2 rings (SSSR count). The first-order chi connectivity index (χ1) is 6.60. The fraction of sp³-hybridized carbons (Fsp3) is 0.364. The van der Waals surface area contributed by atoms with Crippen LogP contribution >= 0.6 is 0 Å². The van der Waals surface area contributed by atoms with Crippen LogP contribution in [0.5, 0.6) is 0 Å². The molecule has 1 aromatic rings. The molecule has 14 heavy (non-hydrogen) atoms. The van der Waals surface area contributed by atoms with Crippen molar-refractivity contribution < 1.29 is 9.90 Å². The first kappa shape index (κ1) is 9.21. The van der Waals surface area contributed by atoms with Crippen molar-refractivity contribution in [1.29, 1.82) is 0 Å². The number of benzene rings is 1. The normalized spacial score (nSPS) is 26.3. The van der Waals surface area contributed by atoms with Gasteiger partial charge in [0.25, 0.3) is 0 Å². The minimum atomic E-state index is -1.01. The Morgan fingerprint density at radius 1 is 1.36 bits per heavy atom. The molecule has 1 aliphatic heterocycles. The summed E-state index contributed by atoms with van der Waals surface area (Å²) in [6.45, 7) is 2.31. The van der Waals surface area contributed by atoms with Crippen molar-refractivity contribution in [2.75, 3.05) is 6.54 Å². The molecule has 3 nitrogen and oxygen atoms in total. The van der Waals surface area contributed by atoms with Crippen LogP contribution in [0.15, 0.2) is 24.3 Å². The zero-order valence-corrected chi connectivity index (χ0v) is 8.08. The average molecular weight is 191 g/mol. The molecule has 1 aliphatic rings. The minimum absolute atomic E-state index is 0.0897. The van der Waals surface area contributed by atoms with E-state index in [0.717, 1.165) is 11.1 Å². The maximum absolute atomic E-state index is 11.0. The molecular weight excluding hydrogens is 178 g/mol. The van der Waals surface area contributed by atoms with Crippen LogP contribution in [0.1, 0.15) is 17.5 Å². The largest absolute Gasteiger partial charge is 0.383 e. The van der Waals surface area contributed by atoms with Gasteiger partial charge in [0.2, 0.25) is 5.91 Å². The van der Waals surface area contributed by atoms with E-state index in [9.17, 15) is 9.90 Å².